The number of hydrogen-bond donors (Lipinski definition) is 1. The first-order chi connectivity index (χ1) is 10.7. The smallest absolute Gasteiger partial charge is 0.274 e. The van der Waals surface area contributed by atoms with E-state index in [1.807, 2.05) is 35.9 Å². The van der Waals surface area contributed by atoms with Gasteiger partial charge in [-0.1, -0.05) is 6.07 Å². The summed E-state index contributed by atoms with van der Waals surface area (Å²) in [5, 5.41) is 7.85. The number of rotatable bonds is 2. The number of nitrogens with one attached hydrogen (secondary N) is 1. The SMILES string of the molecule is Cn1c(C2CCCN2)cc(=O)n2nc(-c3ccccn3)cc12. The highest BCUT2D eigenvalue weighted by molar-refractivity contribution is 5.60. The maximum Gasteiger partial charge on any atom is 0.274 e. The van der Waals surface area contributed by atoms with Crippen LogP contribution in [0.5, 0.6) is 0 Å². The summed E-state index contributed by atoms with van der Waals surface area (Å²) in [6, 6.07) is 9.52. The van der Waals surface area contributed by atoms with Crippen LogP contribution >= 0.6 is 0 Å². The summed E-state index contributed by atoms with van der Waals surface area (Å²) in [7, 11) is 1.98. The van der Waals surface area contributed by atoms with Crippen LogP contribution in [0.4, 0.5) is 0 Å². The Labute approximate surface area is 127 Å². The van der Waals surface area contributed by atoms with Crippen molar-refractivity contribution in [2.45, 2.75) is 18.9 Å². The Morgan fingerprint density at radius 2 is 2.18 bits per heavy atom. The van der Waals surface area contributed by atoms with Crippen molar-refractivity contribution in [1.29, 1.82) is 0 Å². The number of hydrogen-bond acceptors (Lipinski definition) is 4. The highest BCUT2D eigenvalue weighted by Gasteiger charge is 2.21. The van der Waals surface area contributed by atoms with E-state index >= 15 is 0 Å². The summed E-state index contributed by atoms with van der Waals surface area (Å²) < 4.78 is 3.49. The summed E-state index contributed by atoms with van der Waals surface area (Å²) in [5.74, 6) is 0. The maximum atomic E-state index is 12.4. The molecule has 1 fully saturated rings. The van der Waals surface area contributed by atoms with E-state index in [4.69, 9.17) is 0 Å². The predicted molar refractivity (Wildman–Crippen MR) is 83.6 cm³/mol. The molecule has 1 saturated heterocycles. The van der Waals surface area contributed by atoms with Crippen molar-refractivity contribution in [3.63, 3.8) is 0 Å². The van der Waals surface area contributed by atoms with Gasteiger partial charge in [0.1, 0.15) is 11.3 Å². The lowest BCUT2D eigenvalue weighted by atomic mass is 10.1. The standard InChI is InChI=1S/C16H17N5O/c1-20-14(12-6-4-8-18-12)10-16(22)21-15(20)9-13(19-21)11-5-2-3-7-17-11/h2-3,5,7,9-10,12,18H,4,6,8H2,1H3. The van der Waals surface area contributed by atoms with Gasteiger partial charge in [0.25, 0.3) is 5.56 Å². The van der Waals surface area contributed by atoms with Crippen molar-refractivity contribution in [3.05, 3.63) is 52.6 Å². The minimum absolute atomic E-state index is 0.0982. The average molecular weight is 295 g/mol. The number of pyridine rings is 1. The molecule has 6 nitrogen and oxygen atoms in total. The van der Waals surface area contributed by atoms with Crippen LogP contribution in [-0.2, 0) is 7.05 Å². The molecule has 1 unspecified atom stereocenters. The van der Waals surface area contributed by atoms with Gasteiger partial charge in [-0.3, -0.25) is 9.78 Å². The van der Waals surface area contributed by atoms with E-state index in [-0.39, 0.29) is 11.6 Å². The summed E-state index contributed by atoms with van der Waals surface area (Å²) in [6.07, 6.45) is 3.93. The third-order valence-electron chi connectivity index (χ3n) is 4.25. The Morgan fingerprint density at radius 1 is 1.27 bits per heavy atom. The van der Waals surface area contributed by atoms with Crippen molar-refractivity contribution in [3.8, 4) is 11.4 Å². The summed E-state index contributed by atoms with van der Waals surface area (Å²) in [5.41, 5.74) is 3.19. The van der Waals surface area contributed by atoms with E-state index in [1.54, 1.807) is 12.3 Å². The Kier molecular flexibility index (Phi) is 3.04. The van der Waals surface area contributed by atoms with Gasteiger partial charge in [0.15, 0.2) is 0 Å². The molecule has 4 heterocycles. The van der Waals surface area contributed by atoms with Gasteiger partial charge in [-0.05, 0) is 31.5 Å². The van der Waals surface area contributed by atoms with Gasteiger partial charge in [-0.2, -0.15) is 9.61 Å². The number of nitrogens with zero attached hydrogens (tertiary/aromatic N) is 4. The highest BCUT2D eigenvalue weighted by atomic mass is 16.1. The molecule has 3 aromatic rings. The normalized spacial score (nSPS) is 18.1. The monoisotopic (exact) mass is 295 g/mol. The second kappa shape index (κ2) is 5.06. The molecule has 0 aromatic carbocycles. The van der Waals surface area contributed by atoms with Gasteiger partial charge in [-0.15, -0.1) is 0 Å². The third kappa shape index (κ3) is 2.03. The molecule has 0 spiro atoms. The van der Waals surface area contributed by atoms with Gasteiger partial charge in [-0.25, -0.2) is 0 Å². The number of fused-ring (bicyclic) bond motifs is 1. The van der Waals surface area contributed by atoms with Crippen LogP contribution in [0.25, 0.3) is 17.0 Å². The fourth-order valence-electron chi connectivity index (χ4n) is 3.10. The van der Waals surface area contributed by atoms with Crippen LogP contribution in [0.3, 0.4) is 0 Å². The van der Waals surface area contributed by atoms with Gasteiger partial charge in [0.05, 0.1) is 5.69 Å². The van der Waals surface area contributed by atoms with E-state index in [1.165, 1.54) is 4.52 Å². The molecule has 3 aromatic heterocycles. The van der Waals surface area contributed by atoms with Crippen molar-refractivity contribution >= 4 is 5.65 Å². The molecule has 112 valence electrons. The highest BCUT2D eigenvalue weighted by Crippen LogP contribution is 2.23. The topological polar surface area (TPSA) is 64.2 Å². The minimum atomic E-state index is -0.0982. The van der Waals surface area contributed by atoms with E-state index in [2.05, 4.69) is 15.4 Å². The van der Waals surface area contributed by atoms with E-state index in [0.717, 1.165) is 36.4 Å². The lowest BCUT2D eigenvalue weighted by Crippen LogP contribution is -2.24. The quantitative estimate of drug-likeness (QED) is 0.778. The minimum Gasteiger partial charge on any atom is -0.331 e. The first kappa shape index (κ1) is 13.2. The molecule has 1 aliphatic heterocycles. The van der Waals surface area contributed by atoms with Gasteiger partial charge >= 0.3 is 0 Å². The molecule has 0 bridgehead atoms. The lowest BCUT2D eigenvalue weighted by Gasteiger charge is -2.16. The van der Waals surface area contributed by atoms with Gasteiger partial charge in [0, 0.05) is 37.1 Å². The molecule has 0 aliphatic carbocycles. The fraction of sp³-hybridized carbons (Fsp3) is 0.312. The van der Waals surface area contributed by atoms with Crippen molar-refractivity contribution < 1.29 is 0 Å². The molecule has 0 saturated carbocycles. The van der Waals surface area contributed by atoms with Crippen LogP contribution in [0, 0.1) is 0 Å². The zero-order valence-corrected chi connectivity index (χ0v) is 12.4. The van der Waals surface area contributed by atoms with Crippen molar-refractivity contribution in [1.82, 2.24) is 24.5 Å². The molecule has 0 amide bonds. The van der Waals surface area contributed by atoms with E-state index in [0.29, 0.717) is 5.69 Å². The van der Waals surface area contributed by atoms with Crippen LogP contribution in [0.2, 0.25) is 0 Å². The zero-order valence-electron chi connectivity index (χ0n) is 12.4. The maximum absolute atomic E-state index is 12.4. The second-order valence-electron chi connectivity index (χ2n) is 5.63. The van der Waals surface area contributed by atoms with E-state index < -0.39 is 0 Å². The largest absolute Gasteiger partial charge is 0.331 e. The molecular formula is C16H17N5O. The molecule has 0 radical (unpaired) electrons. The molecular weight excluding hydrogens is 278 g/mol. The summed E-state index contributed by atoms with van der Waals surface area (Å²) in [4.78, 5) is 16.7. The molecule has 1 aliphatic rings. The van der Waals surface area contributed by atoms with Crippen LogP contribution in [0.1, 0.15) is 24.6 Å². The van der Waals surface area contributed by atoms with Crippen LogP contribution in [0.15, 0.2) is 41.3 Å². The Bertz CT molecular complexity index is 875. The number of aryl methyl sites for hydroxylation is 1. The molecule has 1 atom stereocenters. The second-order valence-corrected chi connectivity index (χ2v) is 5.63. The molecule has 4 rings (SSSR count). The zero-order chi connectivity index (χ0) is 15.1. The van der Waals surface area contributed by atoms with Crippen LogP contribution in [-0.4, -0.2) is 25.7 Å². The number of aromatic nitrogens is 4. The molecule has 6 heteroatoms. The molecule has 1 N–H and O–H groups in total. The Morgan fingerprint density at radius 3 is 2.91 bits per heavy atom. The fourth-order valence-corrected chi connectivity index (χ4v) is 3.10. The molecule has 22 heavy (non-hydrogen) atoms. The Balaban J connectivity index is 1.90. The first-order valence-electron chi connectivity index (χ1n) is 7.48. The average Bonchev–Trinajstić information content (AvgIpc) is 3.21. The lowest BCUT2D eigenvalue weighted by molar-refractivity contribution is 0.590. The van der Waals surface area contributed by atoms with Gasteiger partial charge in [0.2, 0.25) is 0 Å². The third-order valence-corrected chi connectivity index (χ3v) is 4.25. The first-order valence-corrected chi connectivity index (χ1v) is 7.48. The predicted octanol–water partition coefficient (Wildman–Crippen LogP) is 1.52. The van der Waals surface area contributed by atoms with Crippen molar-refractivity contribution in [2.75, 3.05) is 6.54 Å². The summed E-state index contributed by atoms with van der Waals surface area (Å²) in [6.45, 7) is 1.00. The summed E-state index contributed by atoms with van der Waals surface area (Å²) >= 11 is 0. The van der Waals surface area contributed by atoms with Crippen molar-refractivity contribution in [2.24, 2.45) is 7.05 Å². The Hall–Kier alpha value is -2.47. The van der Waals surface area contributed by atoms with Crippen LogP contribution < -0.4 is 10.9 Å². The van der Waals surface area contributed by atoms with E-state index in [9.17, 15) is 4.79 Å². The van der Waals surface area contributed by atoms with Gasteiger partial charge < -0.3 is 9.88 Å².